The molecule has 0 aromatic carbocycles. The van der Waals surface area contributed by atoms with Crippen molar-refractivity contribution in [2.45, 2.75) is 32.2 Å². The Morgan fingerprint density at radius 3 is 2.95 bits per heavy atom. The summed E-state index contributed by atoms with van der Waals surface area (Å²) in [5, 5.41) is 5.74. The van der Waals surface area contributed by atoms with Gasteiger partial charge in [-0.3, -0.25) is 0 Å². The van der Waals surface area contributed by atoms with Crippen molar-refractivity contribution < 1.29 is 4.74 Å². The minimum absolute atomic E-state index is 0.292. The Labute approximate surface area is 125 Å². The van der Waals surface area contributed by atoms with Crippen molar-refractivity contribution in [3.63, 3.8) is 0 Å². The van der Waals surface area contributed by atoms with Crippen molar-refractivity contribution in [2.24, 2.45) is 0 Å². The summed E-state index contributed by atoms with van der Waals surface area (Å²) in [5.74, 6) is 0.729. The molecule has 0 saturated carbocycles. The molecule has 108 valence electrons. The van der Waals surface area contributed by atoms with E-state index in [1.807, 2.05) is 17.4 Å². The van der Waals surface area contributed by atoms with E-state index in [0.29, 0.717) is 6.04 Å². The van der Waals surface area contributed by atoms with Crippen LogP contribution in [0.3, 0.4) is 0 Å². The maximum absolute atomic E-state index is 5.39. The number of pyridine rings is 1. The van der Waals surface area contributed by atoms with Gasteiger partial charge in [0.2, 0.25) is 5.88 Å². The van der Waals surface area contributed by atoms with Gasteiger partial charge in [-0.25, -0.2) is 4.98 Å². The summed E-state index contributed by atoms with van der Waals surface area (Å²) in [5.41, 5.74) is 1.15. The fourth-order valence-corrected chi connectivity index (χ4v) is 2.99. The molecule has 0 bridgehead atoms. The number of hydrogen-bond donors (Lipinski definition) is 1. The van der Waals surface area contributed by atoms with Gasteiger partial charge in [-0.15, -0.1) is 11.3 Å². The number of aromatic nitrogens is 1. The Morgan fingerprint density at radius 2 is 2.25 bits per heavy atom. The van der Waals surface area contributed by atoms with Gasteiger partial charge in [0.25, 0.3) is 0 Å². The molecular weight excluding hydrogens is 268 g/mol. The molecule has 0 saturated heterocycles. The Hall–Kier alpha value is -1.39. The van der Waals surface area contributed by atoms with Gasteiger partial charge in [0, 0.05) is 22.7 Å². The Bertz CT molecular complexity index is 499. The summed E-state index contributed by atoms with van der Waals surface area (Å²) in [4.78, 5) is 5.74. The smallest absolute Gasteiger partial charge is 0.217 e. The third-order valence-corrected chi connectivity index (χ3v) is 4.21. The second-order valence-corrected chi connectivity index (χ2v) is 5.76. The fraction of sp³-hybridized carbons (Fsp3) is 0.438. The summed E-state index contributed by atoms with van der Waals surface area (Å²) >= 11 is 1.82. The summed E-state index contributed by atoms with van der Waals surface area (Å²) in [6, 6.07) is 8.68. The van der Waals surface area contributed by atoms with Gasteiger partial charge in [0.05, 0.1) is 7.11 Å². The maximum Gasteiger partial charge on any atom is 0.217 e. The van der Waals surface area contributed by atoms with Crippen LogP contribution in [0.5, 0.6) is 5.88 Å². The molecule has 1 atom stereocenters. The second-order valence-electron chi connectivity index (χ2n) is 4.73. The first-order valence-electron chi connectivity index (χ1n) is 7.09. The minimum Gasteiger partial charge on any atom is -0.481 e. The van der Waals surface area contributed by atoms with Gasteiger partial charge in [-0.1, -0.05) is 19.1 Å². The monoisotopic (exact) mass is 290 g/mol. The molecule has 0 aliphatic rings. The zero-order valence-electron chi connectivity index (χ0n) is 12.1. The molecule has 0 amide bonds. The van der Waals surface area contributed by atoms with Crippen molar-refractivity contribution in [2.75, 3.05) is 13.7 Å². The van der Waals surface area contributed by atoms with Crippen molar-refractivity contribution in [3.8, 4) is 5.88 Å². The van der Waals surface area contributed by atoms with E-state index in [1.54, 1.807) is 13.3 Å². The lowest BCUT2D eigenvalue weighted by Gasteiger charge is -2.20. The summed E-state index contributed by atoms with van der Waals surface area (Å²) in [7, 11) is 1.68. The average Bonchev–Trinajstić information content (AvgIpc) is 3.01. The van der Waals surface area contributed by atoms with Crippen LogP contribution in [0.2, 0.25) is 0 Å². The van der Waals surface area contributed by atoms with E-state index >= 15 is 0 Å². The molecular formula is C16H22N2OS. The first-order chi connectivity index (χ1) is 9.85. The molecule has 0 aliphatic heterocycles. The van der Waals surface area contributed by atoms with Crippen LogP contribution >= 0.6 is 11.3 Å². The first-order valence-corrected chi connectivity index (χ1v) is 7.97. The molecule has 0 fully saturated rings. The number of thiophene rings is 1. The van der Waals surface area contributed by atoms with Gasteiger partial charge >= 0.3 is 0 Å². The van der Waals surface area contributed by atoms with Crippen molar-refractivity contribution >= 4 is 11.3 Å². The van der Waals surface area contributed by atoms with Gasteiger partial charge in [-0.2, -0.15) is 0 Å². The molecule has 3 nitrogen and oxygen atoms in total. The SMILES string of the molecule is CCCNC(CCc1cccs1)c1cccnc1OC. The van der Waals surface area contributed by atoms with Gasteiger partial charge in [0.15, 0.2) is 0 Å². The zero-order chi connectivity index (χ0) is 14.2. The lowest BCUT2D eigenvalue weighted by atomic mass is 10.0. The number of methoxy groups -OCH3 is 1. The van der Waals surface area contributed by atoms with Crippen LogP contribution in [-0.2, 0) is 6.42 Å². The quantitative estimate of drug-likeness (QED) is 0.802. The Morgan fingerprint density at radius 1 is 1.35 bits per heavy atom. The number of nitrogens with one attached hydrogen (secondary N) is 1. The topological polar surface area (TPSA) is 34.2 Å². The first kappa shape index (κ1) is 15.0. The number of aryl methyl sites for hydroxylation is 1. The number of hydrogen-bond acceptors (Lipinski definition) is 4. The summed E-state index contributed by atoms with van der Waals surface area (Å²) in [6.45, 7) is 3.19. The summed E-state index contributed by atoms with van der Waals surface area (Å²) < 4.78 is 5.39. The Balaban J connectivity index is 2.09. The van der Waals surface area contributed by atoms with E-state index in [9.17, 15) is 0 Å². The third kappa shape index (κ3) is 4.05. The van der Waals surface area contributed by atoms with Crippen molar-refractivity contribution in [1.29, 1.82) is 0 Å². The second kappa shape index (κ2) is 8.02. The molecule has 2 aromatic rings. The van der Waals surface area contributed by atoms with E-state index in [-0.39, 0.29) is 0 Å². The molecule has 2 rings (SSSR count). The van der Waals surface area contributed by atoms with E-state index in [4.69, 9.17) is 4.74 Å². The van der Waals surface area contributed by atoms with Crippen LogP contribution in [0, 0.1) is 0 Å². The number of rotatable bonds is 8. The van der Waals surface area contributed by atoms with Crippen molar-refractivity contribution in [1.82, 2.24) is 10.3 Å². The van der Waals surface area contributed by atoms with E-state index in [2.05, 4.69) is 40.8 Å². The Kier molecular flexibility index (Phi) is 6.02. The highest BCUT2D eigenvalue weighted by Gasteiger charge is 2.16. The number of nitrogens with zero attached hydrogens (tertiary/aromatic N) is 1. The molecule has 4 heteroatoms. The average molecular weight is 290 g/mol. The van der Waals surface area contributed by atoms with Crippen LogP contribution in [0.1, 0.15) is 36.2 Å². The van der Waals surface area contributed by atoms with Crippen LogP contribution < -0.4 is 10.1 Å². The number of ether oxygens (including phenoxy) is 1. The molecule has 2 heterocycles. The summed E-state index contributed by atoms with van der Waals surface area (Å²) in [6.07, 6.45) is 5.04. The molecule has 2 aromatic heterocycles. The van der Waals surface area contributed by atoms with E-state index in [0.717, 1.165) is 37.3 Å². The van der Waals surface area contributed by atoms with Crippen molar-refractivity contribution in [3.05, 3.63) is 46.3 Å². The van der Waals surface area contributed by atoms with E-state index < -0.39 is 0 Å². The third-order valence-electron chi connectivity index (χ3n) is 3.27. The van der Waals surface area contributed by atoms with E-state index in [1.165, 1.54) is 4.88 Å². The predicted molar refractivity (Wildman–Crippen MR) is 84.5 cm³/mol. The predicted octanol–water partition coefficient (Wildman–Crippen LogP) is 3.83. The highest BCUT2D eigenvalue weighted by Crippen LogP contribution is 2.27. The lowest BCUT2D eigenvalue weighted by Crippen LogP contribution is -2.23. The highest BCUT2D eigenvalue weighted by molar-refractivity contribution is 7.09. The normalized spacial score (nSPS) is 12.3. The molecule has 0 aliphatic carbocycles. The van der Waals surface area contributed by atoms with Gasteiger partial charge in [0.1, 0.15) is 0 Å². The standard InChI is InChI=1S/C16H22N2OS/c1-3-10-17-15(9-8-13-6-5-12-20-13)14-7-4-11-18-16(14)19-2/h4-7,11-12,15,17H,3,8-10H2,1-2H3. The van der Waals surface area contributed by atoms with Crippen LogP contribution in [0.25, 0.3) is 0 Å². The zero-order valence-corrected chi connectivity index (χ0v) is 13.0. The highest BCUT2D eigenvalue weighted by atomic mass is 32.1. The van der Waals surface area contributed by atoms with Crippen LogP contribution in [0.15, 0.2) is 35.8 Å². The molecule has 1 N–H and O–H groups in total. The minimum atomic E-state index is 0.292. The molecule has 20 heavy (non-hydrogen) atoms. The van der Waals surface area contributed by atoms with Crippen LogP contribution in [-0.4, -0.2) is 18.6 Å². The molecule has 0 spiro atoms. The van der Waals surface area contributed by atoms with Crippen LogP contribution in [0.4, 0.5) is 0 Å². The molecule has 0 radical (unpaired) electrons. The molecule has 1 unspecified atom stereocenters. The lowest BCUT2D eigenvalue weighted by molar-refractivity contribution is 0.379. The fourth-order valence-electron chi connectivity index (χ4n) is 2.27. The van der Waals surface area contributed by atoms with Gasteiger partial charge < -0.3 is 10.1 Å². The van der Waals surface area contributed by atoms with Gasteiger partial charge in [-0.05, 0) is 43.3 Å². The largest absolute Gasteiger partial charge is 0.481 e. The maximum atomic E-state index is 5.39.